The van der Waals surface area contributed by atoms with Gasteiger partial charge in [0.2, 0.25) is 11.6 Å². The number of aliphatic carboxylic acids is 1. The number of hydrogen-bond acceptors (Lipinski definition) is 4. The van der Waals surface area contributed by atoms with Crippen molar-refractivity contribution in [1.82, 2.24) is 4.90 Å². The fourth-order valence-electron chi connectivity index (χ4n) is 7.78. The van der Waals surface area contributed by atoms with Crippen LogP contribution in [-0.4, -0.2) is 49.1 Å². The van der Waals surface area contributed by atoms with Gasteiger partial charge in [0.05, 0.1) is 16.9 Å². The quantitative estimate of drug-likeness (QED) is 0.361. The van der Waals surface area contributed by atoms with Crippen molar-refractivity contribution in [2.24, 2.45) is 23.7 Å². The number of carboxylic acids is 1. The maximum absolute atomic E-state index is 15.0. The third kappa shape index (κ3) is 5.01. The Morgan fingerprint density at radius 3 is 2.36 bits per heavy atom. The van der Waals surface area contributed by atoms with Crippen molar-refractivity contribution in [2.75, 3.05) is 6.54 Å². The molecule has 1 amide bonds. The number of carbonyl (C=O) groups excluding carboxylic acids is 1. The monoisotopic (exact) mass is 641 g/mol. The molecule has 0 spiro atoms. The SMILES string of the molecule is CC(C)[C@H]1CC(C(=O)O)CC[C@H]1C(=O)N1CCC2(S(=O)(=O)c3cccc(F)c3)c3ccc(C(C)(F)C(F)(F)F)cc3CCC12. The molecule has 2 fully saturated rings. The molecule has 2 aromatic carbocycles. The van der Waals surface area contributed by atoms with E-state index in [9.17, 15) is 45.1 Å². The highest BCUT2D eigenvalue weighted by Gasteiger charge is 2.62. The van der Waals surface area contributed by atoms with Crippen LogP contribution in [0, 0.1) is 29.5 Å². The first-order valence-electron chi connectivity index (χ1n) is 14.9. The molecule has 1 heterocycles. The van der Waals surface area contributed by atoms with Crippen LogP contribution < -0.4 is 0 Å². The van der Waals surface area contributed by atoms with E-state index in [2.05, 4.69) is 0 Å². The zero-order chi connectivity index (χ0) is 32.4. The van der Waals surface area contributed by atoms with Gasteiger partial charge >= 0.3 is 12.1 Å². The molecule has 4 unspecified atom stereocenters. The number of hydrogen-bond donors (Lipinski definition) is 1. The van der Waals surface area contributed by atoms with Crippen molar-refractivity contribution in [3.8, 4) is 0 Å². The predicted molar refractivity (Wildman–Crippen MR) is 151 cm³/mol. The van der Waals surface area contributed by atoms with Crippen molar-refractivity contribution >= 4 is 21.7 Å². The van der Waals surface area contributed by atoms with E-state index in [1.54, 1.807) is 4.90 Å². The fraction of sp³-hybridized carbons (Fsp3) is 0.562. The molecule has 6 nitrogen and oxygen atoms in total. The van der Waals surface area contributed by atoms with E-state index in [1.165, 1.54) is 18.2 Å². The van der Waals surface area contributed by atoms with E-state index >= 15 is 0 Å². The number of halogens is 5. The van der Waals surface area contributed by atoms with Crippen LogP contribution in [0.25, 0.3) is 0 Å². The average molecular weight is 642 g/mol. The standard InChI is InChI=1S/C32H36F5NO5S/c1-18(2)25-16-20(29(40)41)7-10-24(25)28(39)38-14-13-31(44(42,43)23-6-4-5-22(33)17-23)26-11-9-21(30(3,34)32(35,36)37)15-19(26)8-12-27(31)38/h4-6,9,11,15,17-18,20,24-25,27H,7-8,10,12-14,16H2,1-3H3,(H,40,41)/t20?,24-,25-,27?,30?,31?/m1/s1. The van der Waals surface area contributed by atoms with Gasteiger partial charge in [0.15, 0.2) is 9.84 Å². The van der Waals surface area contributed by atoms with Crippen molar-refractivity contribution < 1.29 is 45.1 Å². The summed E-state index contributed by atoms with van der Waals surface area (Å²) in [6, 6.07) is 6.81. The van der Waals surface area contributed by atoms with Gasteiger partial charge in [-0.15, -0.1) is 0 Å². The number of carboxylic acid groups (broad SMARTS) is 1. The van der Waals surface area contributed by atoms with Crippen LogP contribution in [0.5, 0.6) is 0 Å². The molecule has 1 saturated carbocycles. The van der Waals surface area contributed by atoms with Crippen LogP contribution in [0.4, 0.5) is 22.0 Å². The summed E-state index contributed by atoms with van der Waals surface area (Å²) in [4.78, 5) is 27.2. The second-order valence-corrected chi connectivity index (χ2v) is 15.1. The van der Waals surface area contributed by atoms with Crippen molar-refractivity contribution in [3.05, 3.63) is 65.0 Å². The van der Waals surface area contributed by atoms with E-state index in [0.29, 0.717) is 26.2 Å². The summed E-state index contributed by atoms with van der Waals surface area (Å²) in [5.41, 5.74) is -3.90. The maximum Gasteiger partial charge on any atom is 0.426 e. The number of fused-ring (bicyclic) bond motifs is 3. The number of sulfone groups is 1. The number of likely N-dealkylation sites (tertiary alicyclic amines) is 1. The zero-order valence-electron chi connectivity index (χ0n) is 24.7. The van der Waals surface area contributed by atoms with Gasteiger partial charge in [0.25, 0.3) is 0 Å². The molecule has 1 aliphatic heterocycles. The van der Waals surface area contributed by atoms with Crippen molar-refractivity contribution in [1.29, 1.82) is 0 Å². The van der Waals surface area contributed by atoms with Gasteiger partial charge in [-0.25, -0.2) is 17.2 Å². The largest absolute Gasteiger partial charge is 0.481 e. The molecule has 2 aromatic rings. The Balaban J connectivity index is 1.62. The van der Waals surface area contributed by atoms with Crippen LogP contribution in [0.1, 0.15) is 69.6 Å². The summed E-state index contributed by atoms with van der Waals surface area (Å²) in [6.45, 7) is 4.30. The van der Waals surface area contributed by atoms with Gasteiger partial charge in [0.1, 0.15) is 10.6 Å². The first-order valence-corrected chi connectivity index (χ1v) is 16.3. The molecule has 12 heteroatoms. The first-order chi connectivity index (χ1) is 20.4. The molecule has 0 aromatic heterocycles. The van der Waals surface area contributed by atoms with Gasteiger partial charge in [-0.1, -0.05) is 38.1 Å². The Kier molecular flexibility index (Phi) is 8.17. The lowest BCUT2D eigenvalue weighted by atomic mass is 9.68. The molecular formula is C32H36F5NO5S. The highest BCUT2D eigenvalue weighted by atomic mass is 32.2. The maximum atomic E-state index is 15.0. The summed E-state index contributed by atoms with van der Waals surface area (Å²) in [5, 5.41) is 9.61. The molecule has 3 aliphatic rings. The number of carbonyl (C=O) groups is 2. The lowest BCUT2D eigenvalue weighted by molar-refractivity contribution is -0.228. The molecule has 1 saturated heterocycles. The Morgan fingerprint density at radius 2 is 1.75 bits per heavy atom. The van der Waals surface area contributed by atoms with E-state index in [-0.39, 0.29) is 59.6 Å². The molecule has 44 heavy (non-hydrogen) atoms. The molecule has 0 radical (unpaired) electrons. The molecule has 2 aliphatic carbocycles. The number of aryl methyl sites for hydroxylation is 1. The van der Waals surface area contributed by atoms with Crippen LogP contribution >= 0.6 is 0 Å². The van der Waals surface area contributed by atoms with Gasteiger partial charge in [-0.2, -0.15) is 13.2 Å². The first kappa shape index (κ1) is 32.4. The number of rotatable bonds is 6. The molecular weight excluding hydrogens is 605 g/mol. The number of nitrogens with zero attached hydrogens (tertiary/aromatic N) is 1. The van der Waals surface area contributed by atoms with Gasteiger partial charge in [-0.05, 0) is 92.2 Å². The summed E-state index contributed by atoms with van der Waals surface area (Å²) in [5.74, 6) is -3.33. The summed E-state index contributed by atoms with van der Waals surface area (Å²) < 4.78 is 97.4. The third-order valence-electron chi connectivity index (χ3n) is 10.3. The topological polar surface area (TPSA) is 91.8 Å². The summed E-state index contributed by atoms with van der Waals surface area (Å²) in [7, 11) is -4.45. The molecule has 0 bridgehead atoms. The van der Waals surface area contributed by atoms with E-state index in [0.717, 1.165) is 24.3 Å². The molecule has 6 atom stereocenters. The second-order valence-electron chi connectivity index (χ2n) is 12.9. The van der Waals surface area contributed by atoms with Crippen LogP contribution in [0.15, 0.2) is 47.4 Å². The van der Waals surface area contributed by atoms with Crippen molar-refractivity contribution in [3.63, 3.8) is 0 Å². The van der Waals surface area contributed by atoms with E-state index in [4.69, 9.17) is 0 Å². The Bertz CT molecular complexity index is 1570. The average Bonchev–Trinajstić information content (AvgIpc) is 3.37. The lowest BCUT2D eigenvalue weighted by Crippen LogP contribution is -2.54. The lowest BCUT2D eigenvalue weighted by Gasteiger charge is -2.45. The number of amides is 1. The van der Waals surface area contributed by atoms with Crippen molar-refractivity contribution in [2.45, 2.75) is 86.8 Å². The van der Waals surface area contributed by atoms with Gasteiger partial charge in [-0.3, -0.25) is 9.59 Å². The molecule has 240 valence electrons. The summed E-state index contributed by atoms with van der Waals surface area (Å²) >= 11 is 0. The van der Waals surface area contributed by atoms with Gasteiger partial charge in [0, 0.05) is 12.5 Å². The Morgan fingerprint density at radius 1 is 1.05 bits per heavy atom. The smallest absolute Gasteiger partial charge is 0.426 e. The minimum atomic E-state index is -5.20. The number of alkyl halides is 4. The third-order valence-corrected chi connectivity index (χ3v) is 12.8. The predicted octanol–water partition coefficient (Wildman–Crippen LogP) is 6.56. The minimum Gasteiger partial charge on any atom is -0.481 e. The molecule has 1 N–H and O–H groups in total. The van der Waals surface area contributed by atoms with E-state index < -0.39 is 61.7 Å². The summed E-state index contributed by atoms with van der Waals surface area (Å²) in [6.07, 6.45) is -4.13. The zero-order valence-corrected chi connectivity index (χ0v) is 25.5. The van der Waals surface area contributed by atoms with Gasteiger partial charge < -0.3 is 10.0 Å². The highest BCUT2D eigenvalue weighted by Crippen LogP contribution is 2.55. The minimum absolute atomic E-state index is 0.0105. The Hall–Kier alpha value is -3.02. The number of benzene rings is 2. The second kappa shape index (κ2) is 11.1. The highest BCUT2D eigenvalue weighted by molar-refractivity contribution is 7.92. The van der Waals surface area contributed by atoms with Crippen LogP contribution in [0.3, 0.4) is 0 Å². The fourth-order valence-corrected chi connectivity index (χ4v) is 10.2. The Labute approximate surface area is 253 Å². The van der Waals surface area contributed by atoms with Crippen LogP contribution in [-0.2, 0) is 36.3 Å². The van der Waals surface area contributed by atoms with E-state index in [1.807, 2.05) is 13.8 Å². The molecule has 5 rings (SSSR count). The van der Waals surface area contributed by atoms with Crippen LogP contribution in [0.2, 0.25) is 0 Å². The normalized spacial score (nSPS) is 28.7.